The van der Waals surface area contributed by atoms with Crippen LogP contribution in [0.4, 0.5) is 0 Å². The fourth-order valence-electron chi connectivity index (χ4n) is 1.05. The first-order valence-electron chi connectivity index (χ1n) is 4.05. The van der Waals surface area contributed by atoms with Gasteiger partial charge in [0.25, 0.3) is 0 Å². The minimum atomic E-state index is -1.15. The molecule has 0 saturated heterocycles. The molecule has 76 valence electrons. The number of amides is 2. The van der Waals surface area contributed by atoms with Crippen LogP contribution in [0.1, 0.15) is 20.3 Å². The second-order valence-corrected chi connectivity index (χ2v) is 6.04. The van der Waals surface area contributed by atoms with E-state index < -0.39 is 23.5 Å². The van der Waals surface area contributed by atoms with Gasteiger partial charge in [0.1, 0.15) is 0 Å². The molecule has 0 radical (unpaired) electrons. The minimum Gasteiger partial charge on any atom is -0.147 e. The summed E-state index contributed by atoms with van der Waals surface area (Å²) in [5.74, 6) is -0.237. The van der Waals surface area contributed by atoms with Crippen molar-refractivity contribution in [3.8, 4) is 0 Å². The second kappa shape index (κ2) is 6.31. The van der Waals surface area contributed by atoms with E-state index in [0.717, 1.165) is 6.42 Å². The van der Waals surface area contributed by atoms with Gasteiger partial charge in [-0.3, -0.25) is 0 Å². The standard InChI is InChI=1S/C5H5.C4H7NO2.ClH.Zr/c1-2-4-5-3-1;1-3(6)5-4(2)7;;/h1-3H,4H2;1-2H3,(H,5,6,7);1H;/q;;;+1/p-1. The molecule has 3 nitrogen and oxygen atoms in total. The number of allylic oxidation sites excluding steroid dienone is 4. The van der Waals surface area contributed by atoms with Gasteiger partial charge in [0.15, 0.2) is 0 Å². The van der Waals surface area contributed by atoms with Crippen LogP contribution in [0.25, 0.3) is 0 Å². The number of hydrogen-bond acceptors (Lipinski definition) is 2. The molecule has 0 aromatic heterocycles. The van der Waals surface area contributed by atoms with Gasteiger partial charge in [-0.2, -0.15) is 0 Å². The topological polar surface area (TPSA) is 37.4 Å². The third-order valence-corrected chi connectivity index (χ3v) is 5.37. The van der Waals surface area contributed by atoms with E-state index in [0.29, 0.717) is 0 Å². The van der Waals surface area contributed by atoms with Crippen LogP contribution < -0.4 is 0 Å². The van der Waals surface area contributed by atoms with E-state index in [9.17, 15) is 9.59 Å². The van der Waals surface area contributed by atoms with Gasteiger partial charge in [-0.1, -0.05) is 0 Å². The van der Waals surface area contributed by atoms with E-state index in [1.807, 2.05) is 12.2 Å². The SMILES string of the molecule is CC(=O)[N]([Zr][C]1=CC=CC1)C(C)=O.Cl. The summed E-state index contributed by atoms with van der Waals surface area (Å²) in [4.78, 5) is 22.1. The molecule has 0 atom stereocenters. The van der Waals surface area contributed by atoms with E-state index in [-0.39, 0.29) is 24.2 Å². The Kier molecular flexibility index (Phi) is 6.22. The predicted octanol–water partition coefficient (Wildman–Crippen LogP) is 1.64. The molecule has 0 N–H and O–H groups in total. The molecule has 0 saturated carbocycles. The fourth-order valence-corrected chi connectivity index (χ4v) is 3.47. The molecule has 0 aliphatic heterocycles. The van der Waals surface area contributed by atoms with E-state index in [1.165, 1.54) is 20.0 Å². The van der Waals surface area contributed by atoms with Crippen molar-refractivity contribution in [1.29, 1.82) is 0 Å². The Morgan fingerprint density at radius 3 is 2.29 bits per heavy atom. The van der Waals surface area contributed by atoms with E-state index in [2.05, 4.69) is 6.08 Å². The average Bonchev–Trinajstić information content (AvgIpc) is 2.50. The normalized spacial score (nSPS) is 12.9. The van der Waals surface area contributed by atoms with Crippen LogP contribution in [0.5, 0.6) is 0 Å². The molecule has 5 heteroatoms. The molecule has 0 heterocycles. The number of nitrogens with zero attached hydrogens (tertiary/aromatic N) is 1. The summed E-state index contributed by atoms with van der Waals surface area (Å²) in [5, 5.41) is 0. The molecule has 1 aliphatic rings. The van der Waals surface area contributed by atoms with Gasteiger partial charge in [0.05, 0.1) is 0 Å². The molecule has 0 aromatic carbocycles. The Morgan fingerprint density at radius 1 is 1.36 bits per heavy atom. The number of halogens is 1. The molecule has 2 amide bonds. The zero-order chi connectivity index (χ0) is 9.84. The third kappa shape index (κ3) is 3.89. The van der Waals surface area contributed by atoms with Crippen LogP contribution in [-0.2, 0) is 33.1 Å². The quantitative estimate of drug-likeness (QED) is 0.776. The van der Waals surface area contributed by atoms with Crippen LogP contribution >= 0.6 is 12.4 Å². The number of carbonyl (C=O) groups excluding carboxylic acids is 2. The third-order valence-electron chi connectivity index (χ3n) is 1.66. The van der Waals surface area contributed by atoms with Crippen LogP contribution in [0.15, 0.2) is 21.5 Å². The fraction of sp³-hybridized carbons (Fsp3) is 0.333. The van der Waals surface area contributed by atoms with Gasteiger partial charge < -0.3 is 0 Å². The summed E-state index contributed by atoms with van der Waals surface area (Å²) in [6.45, 7) is 2.90. The Labute approximate surface area is 102 Å². The summed E-state index contributed by atoms with van der Waals surface area (Å²) < 4.78 is 2.69. The zero-order valence-corrected chi connectivity index (χ0v) is 11.4. The Bertz CT molecular complexity index is 285. The Hall–Kier alpha value is -0.207. The molecule has 0 unspecified atom stereocenters. The van der Waals surface area contributed by atoms with Gasteiger partial charge in [0.2, 0.25) is 0 Å². The molecule has 14 heavy (non-hydrogen) atoms. The molecular weight excluding hydrogens is 281 g/mol. The average molecular weight is 293 g/mol. The maximum Gasteiger partial charge on any atom is -0.147 e. The van der Waals surface area contributed by atoms with Crippen molar-refractivity contribution < 1.29 is 33.1 Å². The zero-order valence-electron chi connectivity index (χ0n) is 8.11. The van der Waals surface area contributed by atoms with Crippen LogP contribution in [0, 0.1) is 0 Å². The van der Waals surface area contributed by atoms with E-state index >= 15 is 0 Å². The van der Waals surface area contributed by atoms with Crippen molar-refractivity contribution in [2.24, 2.45) is 0 Å². The van der Waals surface area contributed by atoms with Crippen molar-refractivity contribution in [2.75, 3.05) is 0 Å². The summed E-state index contributed by atoms with van der Waals surface area (Å²) in [5.41, 5.74) is 0. The first-order valence-corrected chi connectivity index (χ1v) is 6.37. The maximum atomic E-state index is 11.1. The number of hydrogen-bond donors (Lipinski definition) is 0. The number of rotatable bonds is 2. The first-order chi connectivity index (χ1) is 6.11. The maximum absolute atomic E-state index is 11.1. The molecule has 0 bridgehead atoms. The van der Waals surface area contributed by atoms with E-state index in [1.54, 1.807) is 0 Å². The van der Waals surface area contributed by atoms with Gasteiger partial charge in [0, 0.05) is 0 Å². The second-order valence-electron chi connectivity index (χ2n) is 2.81. The summed E-state index contributed by atoms with van der Waals surface area (Å²) in [7, 11) is 0. The van der Waals surface area contributed by atoms with Crippen LogP contribution in [-0.4, -0.2) is 14.7 Å². The molecule has 0 fully saturated rings. The number of imide groups is 1. The minimum absolute atomic E-state index is 0. The largest absolute Gasteiger partial charge is 0.147 e. The summed E-state index contributed by atoms with van der Waals surface area (Å²) in [6.07, 6.45) is 6.97. The van der Waals surface area contributed by atoms with Gasteiger partial charge in [-0.05, 0) is 0 Å². The van der Waals surface area contributed by atoms with Gasteiger partial charge in [-0.15, -0.1) is 12.4 Å². The number of carbonyl (C=O) groups is 2. The summed E-state index contributed by atoms with van der Waals surface area (Å²) >= 11 is -1.15. The monoisotopic (exact) mass is 291 g/mol. The smallest absolute Gasteiger partial charge is 0.147 e. The van der Waals surface area contributed by atoms with E-state index in [4.69, 9.17) is 0 Å². The van der Waals surface area contributed by atoms with Crippen LogP contribution in [0.2, 0.25) is 0 Å². The summed E-state index contributed by atoms with van der Waals surface area (Å²) in [6, 6.07) is 0. The first kappa shape index (κ1) is 13.8. The Morgan fingerprint density at radius 2 is 1.93 bits per heavy atom. The molecule has 0 spiro atoms. The van der Waals surface area contributed by atoms with Crippen molar-refractivity contribution in [3.05, 3.63) is 21.5 Å². The predicted molar refractivity (Wildman–Crippen MR) is 52.3 cm³/mol. The van der Waals surface area contributed by atoms with Gasteiger partial charge >= 0.3 is 89.5 Å². The van der Waals surface area contributed by atoms with Crippen LogP contribution in [0.3, 0.4) is 0 Å². The van der Waals surface area contributed by atoms with Gasteiger partial charge in [-0.25, -0.2) is 0 Å². The molecule has 0 aromatic rings. The molecule has 1 aliphatic carbocycles. The molecule has 1 rings (SSSR count). The Balaban J connectivity index is 0.00000169. The van der Waals surface area contributed by atoms with Crippen molar-refractivity contribution in [3.63, 3.8) is 0 Å². The molecular formula is C9H12ClNO2Zr. The van der Waals surface area contributed by atoms with Crippen molar-refractivity contribution in [2.45, 2.75) is 20.3 Å². The van der Waals surface area contributed by atoms with Crippen molar-refractivity contribution in [1.82, 2.24) is 2.84 Å². The van der Waals surface area contributed by atoms with Crippen molar-refractivity contribution >= 4 is 24.2 Å².